The second kappa shape index (κ2) is 5.33. The molecule has 5 nitrogen and oxygen atoms in total. The number of carbonyl (C=O) groups is 1. The maximum atomic E-state index is 11.9. The van der Waals surface area contributed by atoms with Crippen molar-refractivity contribution in [2.45, 2.75) is 18.9 Å². The van der Waals surface area contributed by atoms with Gasteiger partial charge in [-0.25, -0.2) is 9.78 Å². The quantitative estimate of drug-likeness (QED) is 0.643. The van der Waals surface area contributed by atoms with Crippen molar-refractivity contribution >= 4 is 23.3 Å². The van der Waals surface area contributed by atoms with Crippen LogP contribution in [0.3, 0.4) is 0 Å². The topological polar surface area (TPSA) is 74.4 Å². The van der Waals surface area contributed by atoms with Crippen LogP contribution in [0.15, 0.2) is 12.3 Å². The van der Waals surface area contributed by atoms with Gasteiger partial charge >= 0.3 is 5.97 Å². The average Bonchev–Trinajstić information content (AvgIpc) is 2.33. The summed E-state index contributed by atoms with van der Waals surface area (Å²) in [4.78, 5) is 15.6. The molecule has 2 rings (SSSR count). The number of nitrogens with zero attached hydrogens (tertiary/aromatic N) is 1. The van der Waals surface area contributed by atoms with E-state index < -0.39 is 5.97 Å². The number of nitrogens with two attached hydrogens (primary N) is 1. The molecule has 0 aromatic carbocycles. The SMILES string of the molecule is Nc1cnc(Cl)cc1C(=O)OC1CCOCC1. The highest BCUT2D eigenvalue weighted by Crippen LogP contribution is 2.19. The Kier molecular flexibility index (Phi) is 3.81. The molecule has 17 heavy (non-hydrogen) atoms. The predicted molar refractivity (Wildman–Crippen MR) is 62.9 cm³/mol. The minimum atomic E-state index is -0.460. The molecule has 0 aliphatic carbocycles. The van der Waals surface area contributed by atoms with Crippen molar-refractivity contribution in [3.05, 3.63) is 23.0 Å². The molecule has 1 aliphatic rings. The van der Waals surface area contributed by atoms with E-state index in [1.165, 1.54) is 12.3 Å². The number of carbonyl (C=O) groups excluding carboxylic acids is 1. The number of hydrogen-bond donors (Lipinski definition) is 1. The molecule has 0 radical (unpaired) electrons. The van der Waals surface area contributed by atoms with Crippen molar-refractivity contribution in [1.29, 1.82) is 0 Å². The number of aromatic nitrogens is 1. The number of esters is 1. The molecule has 1 fully saturated rings. The molecule has 6 heteroatoms. The normalized spacial score (nSPS) is 16.8. The van der Waals surface area contributed by atoms with Gasteiger partial charge in [-0.05, 0) is 6.07 Å². The first-order chi connectivity index (χ1) is 8.16. The number of hydrogen-bond acceptors (Lipinski definition) is 5. The van der Waals surface area contributed by atoms with Crippen LogP contribution in [-0.2, 0) is 9.47 Å². The van der Waals surface area contributed by atoms with E-state index in [1.54, 1.807) is 0 Å². The number of anilines is 1. The van der Waals surface area contributed by atoms with Gasteiger partial charge in [0.15, 0.2) is 0 Å². The number of ether oxygens (including phenoxy) is 2. The monoisotopic (exact) mass is 256 g/mol. The molecular weight excluding hydrogens is 244 g/mol. The van der Waals surface area contributed by atoms with Gasteiger partial charge in [-0.2, -0.15) is 0 Å². The molecule has 0 bridgehead atoms. The molecule has 0 saturated carbocycles. The van der Waals surface area contributed by atoms with Crippen LogP contribution in [0.4, 0.5) is 5.69 Å². The molecular formula is C11H13ClN2O3. The van der Waals surface area contributed by atoms with Crippen molar-refractivity contribution in [1.82, 2.24) is 4.98 Å². The Morgan fingerprint density at radius 2 is 2.24 bits per heavy atom. The van der Waals surface area contributed by atoms with Crippen LogP contribution in [0.5, 0.6) is 0 Å². The van der Waals surface area contributed by atoms with Gasteiger partial charge in [-0.15, -0.1) is 0 Å². The predicted octanol–water partition coefficient (Wildman–Crippen LogP) is 1.65. The summed E-state index contributed by atoms with van der Waals surface area (Å²) in [6, 6.07) is 1.42. The van der Waals surface area contributed by atoms with Gasteiger partial charge in [0, 0.05) is 12.8 Å². The molecule has 1 aromatic heterocycles. The van der Waals surface area contributed by atoms with Crippen LogP contribution in [0.1, 0.15) is 23.2 Å². The van der Waals surface area contributed by atoms with Gasteiger partial charge in [0.25, 0.3) is 0 Å². The van der Waals surface area contributed by atoms with Crippen molar-refractivity contribution in [2.24, 2.45) is 0 Å². The lowest BCUT2D eigenvalue weighted by molar-refractivity contribution is -0.0158. The second-order valence-electron chi connectivity index (χ2n) is 3.81. The number of rotatable bonds is 2. The summed E-state index contributed by atoms with van der Waals surface area (Å²) in [6.07, 6.45) is 2.67. The fraction of sp³-hybridized carbons (Fsp3) is 0.455. The average molecular weight is 257 g/mol. The zero-order valence-corrected chi connectivity index (χ0v) is 9.94. The smallest absolute Gasteiger partial charge is 0.340 e. The first-order valence-electron chi connectivity index (χ1n) is 5.36. The highest BCUT2D eigenvalue weighted by molar-refractivity contribution is 6.29. The molecule has 1 aliphatic heterocycles. The lowest BCUT2D eigenvalue weighted by Gasteiger charge is -2.22. The Hall–Kier alpha value is -1.33. The second-order valence-corrected chi connectivity index (χ2v) is 4.20. The van der Waals surface area contributed by atoms with E-state index in [9.17, 15) is 4.79 Å². The highest BCUT2D eigenvalue weighted by Gasteiger charge is 2.20. The fourth-order valence-electron chi connectivity index (χ4n) is 1.63. The van der Waals surface area contributed by atoms with Crippen LogP contribution in [0, 0.1) is 0 Å². The largest absolute Gasteiger partial charge is 0.459 e. The highest BCUT2D eigenvalue weighted by atomic mass is 35.5. The fourth-order valence-corrected chi connectivity index (χ4v) is 1.78. The summed E-state index contributed by atoms with van der Waals surface area (Å²) in [5, 5.41) is 0.220. The van der Waals surface area contributed by atoms with Crippen LogP contribution in [-0.4, -0.2) is 30.3 Å². The molecule has 2 N–H and O–H groups in total. The molecule has 1 saturated heterocycles. The van der Waals surface area contributed by atoms with Gasteiger partial charge in [0.2, 0.25) is 0 Å². The van der Waals surface area contributed by atoms with Gasteiger partial charge in [0.1, 0.15) is 11.3 Å². The summed E-state index contributed by atoms with van der Waals surface area (Å²) in [5.41, 5.74) is 6.18. The molecule has 0 spiro atoms. The third kappa shape index (κ3) is 3.08. The Morgan fingerprint density at radius 1 is 1.53 bits per heavy atom. The molecule has 92 valence electrons. The maximum Gasteiger partial charge on any atom is 0.340 e. The lowest BCUT2D eigenvalue weighted by Crippen LogP contribution is -2.26. The number of nitrogen functional groups attached to an aromatic ring is 1. The van der Waals surface area contributed by atoms with E-state index in [4.69, 9.17) is 26.8 Å². The Labute approximate surface area is 104 Å². The van der Waals surface area contributed by atoms with Crippen molar-refractivity contribution in [3.63, 3.8) is 0 Å². The molecule has 0 atom stereocenters. The van der Waals surface area contributed by atoms with Crippen molar-refractivity contribution < 1.29 is 14.3 Å². The van der Waals surface area contributed by atoms with Gasteiger partial charge in [-0.1, -0.05) is 11.6 Å². The van der Waals surface area contributed by atoms with Gasteiger partial charge < -0.3 is 15.2 Å². The zero-order chi connectivity index (χ0) is 12.3. The van der Waals surface area contributed by atoms with Gasteiger partial charge in [0.05, 0.1) is 30.7 Å². The van der Waals surface area contributed by atoms with E-state index in [0.29, 0.717) is 26.1 Å². The standard InChI is InChI=1S/C11H13ClN2O3/c12-10-5-8(9(13)6-14-10)11(15)17-7-1-3-16-4-2-7/h5-7H,1-4,13H2. The van der Waals surface area contributed by atoms with E-state index in [2.05, 4.69) is 4.98 Å². The van der Waals surface area contributed by atoms with E-state index in [1.807, 2.05) is 0 Å². The lowest BCUT2D eigenvalue weighted by atomic mass is 10.1. The summed E-state index contributed by atoms with van der Waals surface area (Å²) in [6.45, 7) is 1.23. The van der Waals surface area contributed by atoms with Crippen molar-refractivity contribution in [2.75, 3.05) is 18.9 Å². The van der Waals surface area contributed by atoms with Crippen LogP contribution in [0.2, 0.25) is 5.15 Å². The third-order valence-electron chi connectivity index (χ3n) is 2.56. The minimum absolute atomic E-state index is 0.109. The van der Waals surface area contributed by atoms with E-state index in [0.717, 1.165) is 0 Å². The Bertz CT molecular complexity index is 419. The third-order valence-corrected chi connectivity index (χ3v) is 2.77. The molecule has 0 amide bonds. The molecule has 0 unspecified atom stereocenters. The Morgan fingerprint density at radius 3 is 2.94 bits per heavy atom. The molecule has 2 heterocycles. The van der Waals surface area contributed by atoms with Crippen LogP contribution in [0.25, 0.3) is 0 Å². The maximum absolute atomic E-state index is 11.9. The zero-order valence-electron chi connectivity index (χ0n) is 9.19. The summed E-state index contributed by atoms with van der Waals surface area (Å²) < 4.78 is 10.5. The number of halogens is 1. The van der Waals surface area contributed by atoms with Crippen molar-refractivity contribution in [3.8, 4) is 0 Å². The molecule has 1 aromatic rings. The number of pyridine rings is 1. The van der Waals surface area contributed by atoms with E-state index in [-0.39, 0.29) is 22.5 Å². The first kappa shape index (κ1) is 12.1. The minimum Gasteiger partial charge on any atom is -0.459 e. The van der Waals surface area contributed by atoms with Crippen LogP contribution < -0.4 is 5.73 Å². The summed E-state index contributed by atoms with van der Waals surface area (Å²) >= 11 is 5.71. The summed E-state index contributed by atoms with van der Waals surface area (Å²) in [7, 11) is 0. The summed E-state index contributed by atoms with van der Waals surface area (Å²) in [5.74, 6) is -0.460. The first-order valence-corrected chi connectivity index (χ1v) is 5.74. The van der Waals surface area contributed by atoms with Crippen LogP contribution >= 0.6 is 11.6 Å². The van der Waals surface area contributed by atoms with Gasteiger partial charge in [-0.3, -0.25) is 0 Å². The van der Waals surface area contributed by atoms with E-state index >= 15 is 0 Å². The Balaban J connectivity index is 2.05.